The van der Waals surface area contributed by atoms with Gasteiger partial charge in [0.15, 0.2) is 0 Å². The molecule has 0 saturated carbocycles. The Kier molecular flexibility index (Phi) is 3.15. The summed E-state index contributed by atoms with van der Waals surface area (Å²) in [6.45, 7) is 0. The fraction of sp³-hybridized carbons (Fsp3) is 0. The van der Waals surface area contributed by atoms with Crippen molar-refractivity contribution in [3.05, 3.63) is 23.8 Å². The minimum absolute atomic E-state index is 0.416. The number of nitrogens with zero attached hydrogens (tertiary/aromatic N) is 4. The Morgan fingerprint density at radius 1 is 0.938 bits per heavy atom. The highest BCUT2D eigenvalue weighted by Gasteiger charge is 2.09. The summed E-state index contributed by atoms with van der Waals surface area (Å²) in [4.78, 5) is 1.47. The van der Waals surface area contributed by atoms with Crippen molar-refractivity contribution in [2.75, 3.05) is 0 Å². The van der Waals surface area contributed by atoms with Gasteiger partial charge in [0.1, 0.15) is 23.5 Å². The van der Waals surface area contributed by atoms with Gasteiger partial charge in [0.2, 0.25) is 0 Å². The molecule has 0 saturated heterocycles. The Balaban J connectivity index is 2.09. The minimum atomic E-state index is 0.416. The highest BCUT2D eigenvalue weighted by Crippen LogP contribution is 2.38. The molecule has 0 aliphatic rings. The number of aromatic amines is 2. The molecule has 0 aliphatic heterocycles. The number of nitrogens with one attached hydrogen (secondary N) is 2. The highest BCUT2D eigenvalue weighted by molar-refractivity contribution is 8.76. The molecule has 0 atom stereocenters. The predicted octanol–water partition coefficient (Wildman–Crippen LogP) is 1.68. The zero-order valence-corrected chi connectivity index (χ0v) is 9.39. The molecule has 2 heterocycles. The fourth-order valence-electron chi connectivity index (χ4n) is 0.927. The van der Waals surface area contributed by atoms with Crippen molar-refractivity contribution >= 4 is 21.6 Å². The van der Waals surface area contributed by atoms with E-state index in [1.807, 2.05) is 12.1 Å². The molecular weight excluding hydrogens is 244 g/mol. The molecule has 2 rings (SSSR count). The molecule has 0 amide bonds. The first kappa shape index (κ1) is 10.6. The number of rotatable bonds is 3. The van der Waals surface area contributed by atoms with E-state index in [1.54, 1.807) is 12.4 Å². The summed E-state index contributed by atoms with van der Waals surface area (Å²) in [7, 11) is 2.71. The Bertz CT molecular complexity index is 520. The van der Waals surface area contributed by atoms with Crippen LogP contribution in [0, 0.1) is 22.7 Å². The molecule has 0 fully saturated rings. The smallest absolute Gasteiger partial charge is 0.150 e. The lowest BCUT2D eigenvalue weighted by Gasteiger charge is -1.94. The first-order valence-electron chi connectivity index (χ1n) is 4.06. The van der Waals surface area contributed by atoms with E-state index >= 15 is 0 Å². The van der Waals surface area contributed by atoms with E-state index in [0.717, 1.165) is 9.79 Å². The molecule has 0 spiro atoms. The summed E-state index contributed by atoms with van der Waals surface area (Å²) in [5, 5.41) is 30.2. The molecule has 2 aromatic heterocycles. The average molecular weight is 248 g/mol. The van der Waals surface area contributed by atoms with Crippen molar-refractivity contribution in [3.8, 4) is 12.1 Å². The molecule has 0 unspecified atom stereocenters. The van der Waals surface area contributed by atoms with Gasteiger partial charge in [0, 0.05) is 0 Å². The Labute approximate surface area is 98.4 Å². The van der Waals surface area contributed by atoms with Crippen molar-refractivity contribution in [1.29, 1.82) is 10.5 Å². The quantitative estimate of drug-likeness (QED) is 0.800. The van der Waals surface area contributed by atoms with E-state index in [0.29, 0.717) is 11.4 Å². The molecule has 8 heteroatoms. The van der Waals surface area contributed by atoms with Crippen LogP contribution in [0.5, 0.6) is 0 Å². The van der Waals surface area contributed by atoms with E-state index < -0.39 is 0 Å². The normalized spacial score (nSPS) is 9.62. The fourth-order valence-corrected chi connectivity index (χ4v) is 2.94. The first-order valence-corrected chi connectivity index (χ1v) is 6.21. The summed E-state index contributed by atoms with van der Waals surface area (Å²) in [5.41, 5.74) is 0.832. The van der Waals surface area contributed by atoms with E-state index in [1.165, 1.54) is 21.6 Å². The molecule has 16 heavy (non-hydrogen) atoms. The van der Waals surface area contributed by atoms with Gasteiger partial charge in [-0.25, -0.2) is 0 Å². The Hall–Kier alpha value is -1.90. The second-order valence-corrected chi connectivity index (χ2v) is 4.82. The van der Waals surface area contributed by atoms with Gasteiger partial charge in [-0.1, -0.05) is 0 Å². The van der Waals surface area contributed by atoms with Crippen molar-refractivity contribution in [1.82, 2.24) is 20.4 Å². The van der Waals surface area contributed by atoms with Crippen LogP contribution < -0.4 is 0 Å². The first-order chi connectivity index (χ1) is 7.85. The lowest BCUT2D eigenvalue weighted by Crippen LogP contribution is -1.76. The summed E-state index contributed by atoms with van der Waals surface area (Å²) < 4.78 is 0. The third-order valence-electron chi connectivity index (χ3n) is 1.65. The highest BCUT2D eigenvalue weighted by atomic mass is 33.1. The maximum Gasteiger partial charge on any atom is 0.150 e. The summed E-state index contributed by atoms with van der Waals surface area (Å²) in [6, 6.07) is 3.99. The van der Waals surface area contributed by atoms with Gasteiger partial charge in [0.25, 0.3) is 0 Å². The van der Waals surface area contributed by atoms with Crippen LogP contribution in [0.25, 0.3) is 0 Å². The number of H-pyrrole nitrogens is 2. The van der Waals surface area contributed by atoms with Gasteiger partial charge < -0.3 is 0 Å². The average Bonchev–Trinajstić information content (AvgIpc) is 2.94. The molecule has 0 bridgehead atoms. The lowest BCUT2D eigenvalue weighted by molar-refractivity contribution is 1.07. The number of hydrogen-bond donors (Lipinski definition) is 2. The standard InChI is InChI=1S/C8H4N6S2/c9-1-5-7(3-11-13-5)15-16-8-4-12-14-6(8)2-10/h3-4H,(H,11,13)(H,12,14). The van der Waals surface area contributed by atoms with Crippen LogP contribution in [0.15, 0.2) is 22.2 Å². The monoisotopic (exact) mass is 248 g/mol. The van der Waals surface area contributed by atoms with Gasteiger partial charge >= 0.3 is 0 Å². The van der Waals surface area contributed by atoms with E-state index in [4.69, 9.17) is 10.5 Å². The molecule has 2 aromatic rings. The zero-order chi connectivity index (χ0) is 11.4. The van der Waals surface area contributed by atoms with Crippen LogP contribution in [0.4, 0.5) is 0 Å². The van der Waals surface area contributed by atoms with Gasteiger partial charge in [-0.2, -0.15) is 20.7 Å². The van der Waals surface area contributed by atoms with Crippen molar-refractivity contribution in [3.63, 3.8) is 0 Å². The third-order valence-corrected chi connectivity index (χ3v) is 4.04. The van der Waals surface area contributed by atoms with E-state index in [-0.39, 0.29) is 0 Å². The second kappa shape index (κ2) is 4.75. The largest absolute Gasteiger partial charge is 0.267 e. The summed E-state index contributed by atoms with van der Waals surface area (Å²) in [5.74, 6) is 0. The Morgan fingerprint density at radius 2 is 1.38 bits per heavy atom. The molecular formula is C8H4N6S2. The summed E-state index contributed by atoms with van der Waals surface area (Å²) in [6.07, 6.45) is 3.14. The van der Waals surface area contributed by atoms with E-state index in [9.17, 15) is 0 Å². The maximum atomic E-state index is 8.75. The third kappa shape index (κ3) is 2.03. The maximum absolute atomic E-state index is 8.75. The molecule has 6 nitrogen and oxygen atoms in total. The van der Waals surface area contributed by atoms with Gasteiger partial charge in [-0.05, 0) is 21.6 Å². The van der Waals surface area contributed by atoms with Gasteiger partial charge in [-0.3, -0.25) is 10.2 Å². The van der Waals surface area contributed by atoms with Crippen LogP contribution in [-0.4, -0.2) is 20.4 Å². The van der Waals surface area contributed by atoms with Crippen LogP contribution in [0.2, 0.25) is 0 Å². The van der Waals surface area contributed by atoms with Crippen molar-refractivity contribution in [2.24, 2.45) is 0 Å². The predicted molar refractivity (Wildman–Crippen MR) is 58.3 cm³/mol. The van der Waals surface area contributed by atoms with E-state index in [2.05, 4.69) is 20.4 Å². The lowest BCUT2D eigenvalue weighted by atomic mass is 10.5. The molecule has 0 radical (unpaired) electrons. The van der Waals surface area contributed by atoms with Crippen molar-refractivity contribution < 1.29 is 0 Å². The van der Waals surface area contributed by atoms with Gasteiger partial charge in [-0.15, -0.1) is 0 Å². The minimum Gasteiger partial charge on any atom is -0.267 e. The molecule has 0 aliphatic carbocycles. The number of hydrogen-bond acceptors (Lipinski definition) is 6. The topological polar surface area (TPSA) is 105 Å². The van der Waals surface area contributed by atoms with Crippen molar-refractivity contribution in [2.45, 2.75) is 9.79 Å². The van der Waals surface area contributed by atoms with Crippen LogP contribution >= 0.6 is 21.6 Å². The molecule has 2 N–H and O–H groups in total. The Morgan fingerprint density at radius 3 is 1.75 bits per heavy atom. The number of nitriles is 2. The SMILES string of the molecule is N#Cc1[nH]ncc1SSc1cn[nH]c1C#N. The molecule has 78 valence electrons. The zero-order valence-electron chi connectivity index (χ0n) is 7.76. The second-order valence-electron chi connectivity index (χ2n) is 2.61. The van der Waals surface area contributed by atoms with Crippen LogP contribution in [0.3, 0.4) is 0 Å². The van der Waals surface area contributed by atoms with Crippen LogP contribution in [0.1, 0.15) is 11.4 Å². The van der Waals surface area contributed by atoms with Gasteiger partial charge in [0.05, 0.1) is 22.2 Å². The summed E-state index contributed by atoms with van der Waals surface area (Å²) >= 11 is 0. The number of aromatic nitrogens is 4. The molecule has 0 aromatic carbocycles. The van der Waals surface area contributed by atoms with Crippen LogP contribution in [-0.2, 0) is 0 Å².